The monoisotopic (exact) mass is 538 g/mol. The molecule has 3 N–H and O–H groups in total. The van der Waals surface area contributed by atoms with E-state index < -0.39 is 29.5 Å². The lowest BCUT2D eigenvalue weighted by Crippen LogP contribution is -2.30. The Balaban J connectivity index is 1.38. The molecule has 11 heteroatoms. The van der Waals surface area contributed by atoms with Gasteiger partial charge in [-0.1, -0.05) is 24.3 Å². The molecule has 1 aliphatic rings. The third kappa shape index (κ3) is 5.77. The maximum Gasteiger partial charge on any atom is 0.416 e. The highest BCUT2D eigenvalue weighted by atomic mass is 19.4. The van der Waals surface area contributed by atoms with E-state index in [1.165, 1.54) is 35.0 Å². The highest BCUT2D eigenvalue weighted by Gasteiger charge is 2.32. The van der Waals surface area contributed by atoms with Crippen molar-refractivity contribution in [3.63, 3.8) is 0 Å². The molecule has 0 saturated heterocycles. The molecule has 2 amide bonds. The van der Waals surface area contributed by atoms with Crippen LogP contribution in [0.4, 0.5) is 28.0 Å². The van der Waals surface area contributed by atoms with E-state index in [1.807, 2.05) is 0 Å². The first-order valence-corrected chi connectivity index (χ1v) is 12.0. The van der Waals surface area contributed by atoms with Gasteiger partial charge in [0.2, 0.25) is 0 Å². The van der Waals surface area contributed by atoms with Crippen molar-refractivity contribution in [3.8, 4) is 17.0 Å². The van der Waals surface area contributed by atoms with Gasteiger partial charge in [0.05, 0.1) is 17.0 Å². The van der Waals surface area contributed by atoms with Crippen LogP contribution >= 0.6 is 0 Å². The maximum atomic E-state index is 14.0. The van der Waals surface area contributed by atoms with Gasteiger partial charge in [0.25, 0.3) is 5.91 Å². The van der Waals surface area contributed by atoms with Crippen molar-refractivity contribution >= 4 is 17.6 Å². The van der Waals surface area contributed by atoms with Crippen LogP contribution in [0.2, 0.25) is 0 Å². The number of halogens is 4. The molecule has 5 rings (SSSR count). The van der Waals surface area contributed by atoms with Gasteiger partial charge in [0.15, 0.2) is 0 Å². The van der Waals surface area contributed by atoms with E-state index in [4.69, 9.17) is 0 Å². The number of benzene rings is 3. The third-order valence-electron chi connectivity index (χ3n) is 6.30. The van der Waals surface area contributed by atoms with Crippen LogP contribution in [0.5, 0.6) is 5.75 Å². The number of anilines is 1. The summed E-state index contributed by atoms with van der Waals surface area (Å²) in [7, 11) is 0. The van der Waals surface area contributed by atoms with Crippen molar-refractivity contribution in [2.75, 3.05) is 5.32 Å². The van der Waals surface area contributed by atoms with Crippen LogP contribution in [0.15, 0.2) is 72.8 Å². The second-order valence-electron chi connectivity index (χ2n) is 9.16. The summed E-state index contributed by atoms with van der Waals surface area (Å²) in [6.07, 6.45) is -2.89. The van der Waals surface area contributed by atoms with Gasteiger partial charge in [-0.15, -0.1) is 0 Å². The van der Waals surface area contributed by atoms with Gasteiger partial charge in [0.1, 0.15) is 11.6 Å². The van der Waals surface area contributed by atoms with E-state index in [1.54, 1.807) is 24.3 Å². The molecule has 0 bridgehead atoms. The molecule has 0 aliphatic heterocycles. The molecule has 0 spiro atoms. The van der Waals surface area contributed by atoms with E-state index >= 15 is 0 Å². The highest BCUT2D eigenvalue weighted by molar-refractivity contribution is 6.04. The molecule has 7 nitrogen and oxygen atoms in total. The molecule has 3 aromatic carbocycles. The molecular formula is C28H22F4N4O3. The van der Waals surface area contributed by atoms with Crippen LogP contribution in [0, 0.1) is 5.82 Å². The quantitative estimate of drug-likeness (QED) is 0.198. The Kier molecular flexibility index (Phi) is 6.81. The fourth-order valence-corrected chi connectivity index (χ4v) is 4.11. The molecule has 1 saturated carbocycles. The predicted molar refractivity (Wildman–Crippen MR) is 135 cm³/mol. The Morgan fingerprint density at radius 3 is 2.49 bits per heavy atom. The minimum atomic E-state index is -4.60. The summed E-state index contributed by atoms with van der Waals surface area (Å²) in [4.78, 5) is 25.6. The van der Waals surface area contributed by atoms with Gasteiger partial charge in [-0.25, -0.2) is 9.18 Å². The summed E-state index contributed by atoms with van der Waals surface area (Å²) in [6, 6.07) is 15.3. The molecule has 0 radical (unpaired) electrons. The Morgan fingerprint density at radius 2 is 1.77 bits per heavy atom. The van der Waals surface area contributed by atoms with Gasteiger partial charge in [-0.05, 0) is 61.4 Å². The minimum absolute atomic E-state index is 0.0485. The number of nitrogens with zero attached hydrogens (tertiary/aromatic N) is 2. The lowest BCUT2D eigenvalue weighted by molar-refractivity contribution is -0.137. The largest absolute Gasteiger partial charge is 0.507 e. The Labute approximate surface area is 220 Å². The van der Waals surface area contributed by atoms with Gasteiger partial charge >= 0.3 is 12.2 Å². The molecule has 1 aliphatic carbocycles. The molecule has 0 atom stereocenters. The summed E-state index contributed by atoms with van der Waals surface area (Å²) in [5.74, 6) is -1.30. The first kappa shape index (κ1) is 26.0. The van der Waals surface area contributed by atoms with E-state index in [-0.39, 0.29) is 40.7 Å². The minimum Gasteiger partial charge on any atom is -0.507 e. The summed E-state index contributed by atoms with van der Waals surface area (Å²) >= 11 is 0. The Bertz CT molecular complexity index is 1560. The van der Waals surface area contributed by atoms with E-state index in [2.05, 4.69) is 15.7 Å². The summed E-state index contributed by atoms with van der Waals surface area (Å²) < 4.78 is 54.2. The number of carbonyl (C=O) groups is 2. The standard InChI is InChI=1S/C28H22F4N4O3/c29-22-7-2-1-4-18(22)15-33-27(39)36-24(16-8-9-16)14-23(35-36)21-13-20(10-11-25(21)37)34-26(38)17-5-3-6-19(12-17)28(30,31)32/h1-7,10-14,16,37H,8-9,15H2,(H,33,39)(H,34,38). The average molecular weight is 539 g/mol. The van der Waals surface area contributed by atoms with Crippen molar-refractivity contribution in [3.05, 3.63) is 101 Å². The van der Waals surface area contributed by atoms with Gasteiger partial charge in [-0.2, -0.15) is 23.0 Å². The van der Waals surface area contributed by atoms with Gasteiger partial charge < -0.3 is 15.7 Å². The molecule has 1 aromatic heterocycles. The smallest absolute Gasteiger partial charge is 0.416 e. The van der Waals surface area contributed by atoms with Gasteiger partial charge in [0, 0.05) is 34.8 Å². The number of alkyl halides is 3. The molecule has 0 unspecified atom stereocenters. The molecule has 39 heavy (non-hydrogen) atoms. The van der Waals surface area contributed by atoms with Crippen LogP contribution in [-0.2, 0) is 12.7 Å². The zero-order valence-electron chi connectivity index (χ0n) is 20.3. The van der Waals surface area contributed by atoms with Crippen LogP contribution in [0.25, 0.3) is 11.3 Å². The number of phenols is 1. The number of aromatic hydroxyl groups is 1. The van der Waals surface area contributed by atoms with Crippen LogP contribution in [-0.4, -0.2) is 26.8 Å². The van der Waals surface area contributed by atoms with Crippen molar-refractivity contribution < 1.29 is 32.3 Å². The van der Waals surface area contributed by atoms with Gasteiger partial charge in [-0.3, -0.25) is 4.79 Å². The maximum absolute atomic E-state index is 14.0. The average Bonchev–Trinajstić information content (AvgIpc) is 3.66. The second kappa shape index (κ2) is 10.2. The van der Waals surface area contributed by atoms with E-state index in [0.717, 1.165) is 31.0 Å². The van der Waals surface area contributed by atoms with Crippen LogP contribution in [0.3, 0.4) is 0 Å². The molecule has 1 fully saturated rings. The number of hydrogen-bond donors (Lipinski definition) is 3. The summed E-state index contributed by atoms with van der Waals surface area (Å²) in [5, 5.41) is 20.1. The Hall–Kier alpha value is -4.67. The van der Waals surface area contributed by atoms with Crippen molar-refractivity contribution in [2.24, 2.45) is 0 Å². The fourth-order valence-electron chi connectivity index (χ4n) is 4.11. The molecule has 1 heterocycles. The first-order valence-electron chi connectivity index (χ1n) is 12.0. The number of phenolic OH excluding ortho intramolecular Hbond substituents is 1. The number of rotatable bonds is 6. The number of amides is 2. The number of nitrogens with one attached hydrogen (secondary N) is 2. The second-order valence-corrected chi connectivity index (χ2v) is 9.16. The van der Waals surface area contributed by atoms with Crippen LogP contribution < -0.4 is 10.6 Å². The van der Waals surface area contributed by atoms with E-state index in [9.17, 15) is 32.3 Å². The predicted octanol–water partition coefficient (Wildman–Crippen LogP) is 6.30. The topological polar surface area (TPSA) is 96.2 Å². The molecule has 4 aromatic rings. The molecule has 200 valence electrons. The van der Waals surface area contributed by atoms with Crippen molar-refractivity contribution in [1.29, 1.82) is 0 Å². The normalized spacial score (nSPS) is 13.2. The number of hydrogen-bond acceptors (Lipinski definition) is 4. The SMILES string of the molecule is O=C(Nc1ccc(O)c(-c2cc(C3CC3)n(C(=O)NCc3ccccc3F)n2)c1)c1cccc(C(F)(F)F)c1. The third-order valence-corrected chi connectivity index (χ3v) is 6.30. The highest BCUT2D eigenvalue weighted by Crippen LogP contribution is 2.42. The first-order chi connectivity index (χ1) is 18.6. The number of aromatic nitrogens is 2. The number of carbonyl (C=O) groups excluding carboxylic acids is 2. The Morgan fingerprint density at radius 1 is 1.00 bits per heavy atom. The van der Waals surface area contributed by atoms with Crippen molar-refractivity contribution in [2.45, 2.75) is 31.5 Å². The lowest BCUT2D eigenvalue weighted by atomic mass is 10.1. The summed E-state index contributed by atoms with van der Waals surface area (Å²) in [5.41, 5.74) is 0.461. The lowest BCUT2D eigenvalue weighted by Gasteiger charge is -2.10. The van der Waals surface area contributed by atoms with Crippen molar-refractivity contribution in [1.82, 2.24) is 15.1 Å². The fraction of sp³-hybridized carbons (Fsp3) is 0.179. The molecular weight excluding hydrogens is 516 g/mol. The zero-order chi connectivity index (χ0) is 27.7. The zero-order valence-corrected chi connectivity index (χ0v) is 20.3. The van der Waals surface area contributed by atoms with Crippen LogP contribution in [0.1, 0.15) is 45.9 Å². The van der Waals surface area contributed by atoms with E-state index in [0.29, 0.717) is 11.3 Å². The summed E-state index contributed by atoms with van der Waals surface area (Å²) in [6.45, 7) is -0.0485.